The smallest absolute Gasteiger partial charge is 0.335 e. The van der Waals surface area contributed by atoms with Gasteiger partial charge in [-0.1, -0.05) is 39.7 Å². The average Bonchev–Trinajstić information content (AvgIpc) is 2.87. The number of aryl methyl sites for hydroxylation is 1. The SMILES string of the molecule is COc1cc(/C=C2\C(=O)NC(=O)N(c3ccc(Br)c(C)c3)C2=O)cc(Cl)c1OCc1cccc([N+](=O)[O-])c1. The van der Waals surface area contributed by atoms with Gasteiger partial charge < -0.3 is 9.47 Å². The largest absolute Gasteiger partial charge is 0.493 e. The molecule has 10 nitrogen and oxygen atoms in total. The van der Waals surface area contributed by atoms with Crippen LogP contribution in [-0.2, 0) is 16.2 Å². The maximum absolute atomic E-state index is 13.2. The molecule has 194 valence electrons. The van der Waals surface area contributed by atoms with Crippen LogP contribution in [0, 0.1) is 17.0 Å². The molecule has 1 N–H and O–H groups in total. The van der Waals surface area contributed by atoms with Gasteiger partial charge in [0, 0.05) is 16.6 Å². The van der Waals surface area contributed by atoms with Gasteiger partial charge in [0.2, 0.25) is 0 Å². The van der Waals surface area contributed by atoms with Crippen LogP contribution in [0.15, 0.2) is 64.6 Å². The monoisotopic (exact) mass is 599 g/mol. The third-order valence-corrected chi connectivity index (χ3v) is 6.74. The lowest BCUT2D eigenvalue weighted by molar-refractivity contribution is -0.384. The molecule has 0 radical (unpaired) electrons. The van der Waals surface area contributed by atoms with E-state index in [9.17, 15) is 24.5 Å². The zero-order chi connectivity index (χ0) is 27.6. The Balaban J connectivity index is 1.63. The highest BCUT2D eigenvalue weighted by Gasteiger charge is 2.37. The molecule has 1 aliphatic rings. The summed E-state index contributed by atoms with van der Waals surface area (Å²) in [6.45, 7) is 1.78. The molecule has 3 aromatic rings. The third-order valence-electron chi connectivity index (χ3n) is 5.57. The Labute approximate surface area is 230 Å². The number of urea groups is 1. The van der Waals surface area contributed by atoms with E-state index in [-0.39, 0.29) is 34.4 Å². The van der Waals surface area contributed by atoms with Crippen LogP contribution in [0.2, 0.25) is 5.02 Å². The summed E-state index contributed by atoms with van der Waals surface area (Å²) >= 11 is 9.81. The first-order valence-corrected chi connectivity index (χ1v) is 12.2. The Morgan fingerprint density at radius 2 is 1.89 bits per heavy atom. The number of carbonyl (C=O) groups excluding carboxylic acids is 3. The standard InChI is InChI=1S/C26H19BrClN3O7/c1-14-8-17(6-7-20(14)27)30-25(33)19(24(32)29-26(30)34)10-16-11-21(28)23(22(12-16)37-2)38-13-15-4-3-5-18(9-15)31(35)36/h3-12H,13H2,1-2H3,(H,29,32,34)/b19-10+. The number of anilines is 1. The van der Waals surface area contributed by atoms with Crippen LogP contribution < -0.4 is 19.7 Å². The Kier molecular flexibility index (Phi) is 7.79. The highest BCUT2D eigenvalue weighted by Crippen LogP contribution is 2.38. The molecule has 1 fully saturated rings. The van der Waals surface area contributed by atoms with Crippen LogP contribution in [-0.4, -0.2) is 29.9 Å². The summed E-state index contributed by atoms with van der Waals surface area (Å²) in [5, 5.41) is 13.3. The van der Waals surface area contributed by atoms with Crippen molar-refractivity contribution in [2.24, 2.45) is 0 Å². The van der Waals surface area contributed by atoms with Gasteiger partial charge in [-0.05, 0) is 60.0 Å². The molecule has 0 saturated carbocycles. The van der Waals surface area contributed by atoms with Gasteiger partial charge in [0.25, 0.3) is 17.5 Å². The van der Waals surface area contributed by atoms with Crippen LogP contribution in [0.25, 0.3) is 6.08 Å². The number of hydrogen-bond acceptors (Lipinski definition) is 7. The number of barbiturate groups is 1. The summed E-state index contributed by atoms with van der Waals surface area (Å²) in [7, 11) is 1.39. The maximum Gasteiger partial charge on any atom is 0.335 e. The molecule has 38 heavy (non-hydrogen) atoms. The number of non-ortho nitro benzene ring substituents is 1. The number of amides is 4. The molecule has 0 spiro atoms. The Morgan fingerprint density at radius 1 is 1.13 bits per heavy atom. The van der Waals surface area contributed by atoms with Gasteiger partial charge in [-0.15, -0.1) is 0 Å². The first-order chi connectivity index (χ1) is 18.1. The predicted octanol–water partition coefficient (Wildman–Crippen LogP) is 5.57. The zero-order valence-electron chi connectivity index (χ0n) is 20.0. The van der Waals surface area contributed by atoms with Gasteiger partial charge in [0.15, 0.2) is 11.5 Å². The second-order valence-electron chi connectivity index (χ2n) is 8.14. The van der Waals surface area contributed by atoms with Crippen molar-refractivity contribution in [1.82, 2.24) is 5.32 Å². The van der Waals surface area contributed by atoms with Crippen molar-refractivity contribution < 1.29 is 28.8 Å². The Morgan fingerprint density at radius 3 is 2.58 bits per heavy atom. The van der Waals surface area contributed by atoms with Gasteiger partial charge in [0.1, 0.15) is 12.2 Å². The molecule has 0 atom stereocenters. The number of halogens is 2. The first kappa shape index (κ1) is 26.8. The molecule has 12 heteroatoms. The van der Waals surface area contributed by atoms with Crippen LogP contribution in [0.1, 0.15) is 16.7 Å². The van der Waals surface area contributed by atoms with Crippen molar-refractivity contribution in [2.75, 3.05) is 12.0 Å². The predicted molar refractivity (Wildman–Crippen MR) is 143 cm³/mol. The van der Waals surface area contributed by atoms with Crippen LogP contribution in [0.4, 0.5) is 16.2 Å². The van der Waals surface area contributed by atoms with E-state index < -0.39 is 22.8 Å². The van der Waals surface area contributed by atoms with Crippen molar-refractivity contribution in [3.05, 3.63) is 96.5 Å². The van der Waals surface area contributed by atoms with Crippen molar-refractivity contribution in [1.29, 1.82) is 0 Å². The molecular formula is C26H19BrClN3O7. The summed E-state index contributed by atoms with van der Waals surface area (Å²) < 4.78 is 12.0. The molecule has 1 saturated heterocycles. The lowest BCUT2D eigenvalue weighted by atomic mass is 10.1. The number of ether oxygens (including phenoxy) is 2. The van der Waals surface area contributed by atoms with Crippen molar-refractivity contribution in [2.45, 2.75) is 13.5 Å². The van der Waals surface area contributed by atoms with Gasteiger partial charge in [-0.3, -0.25) is 25.0 Å². The van der Waals surface area contributed by atoms with Crippen molar-refractivity contribution in [3.8, 4) is 11.5 Å². The average molecular weight is 601 g/mol. The third kappa shape index (κ3) is 5.53. The summed E-state index contributed by atoms with van der Waals surface area (Å²) in [4.78, 5) is 49.7. The Bertz CT molecular complexity index is 1520. The fourth-order valence-electron chi connectivity index (χ4n) is 3.71. The minimum absolute atomic E-state index is 0.0250. The zero-order valence-corrected chi connectivity index (χ0v) is 22.3. The van der Waals surface area contributed by atoms with E-state index in [1.807, 2.05) is 0 Å². The Hall–Kier alpha value is -4.22. The van der Waals surface area contributed by atoms with Gasteiger partial charge in [-0.25, -0.2) is 9.69 Å². The second kappa shape index (κ2) is 11.0. The number of nitro groups is 1. The highest BCUT2D eigenvalue weighted by molar-refractivity contribution is 9.10. The van der Waals surface area contributed by atoms with Crippen LogP contribution >= 0.6 is 27.5 Å². The van der Waals surface area contributed by atoms with Gasteiger partial charge in [0.05, 0.1) is 22.7 Å². The second-order valence-corrected chi connectivity index (χ2v) is 9.40. The van der Waals surface area contributed by atoms with Crippen LogP contribution in [0.3, 0.4) is 0 Å². The quantitative estimate of drug-likeness (QED) is 0.162. The van der Waals surface area contributed by atoms with Crippen LogP contribution in [0.5, 0.6) is 11.5 Å². The maximum atomic E-state index is 13.2. The number of nitro benzene ring substituents is 1. The lowest BCUT2D eigenvalue weighted by Gasteiger charge is -2.26. The summed E-state index contributed by atoms with van der Waals surface area (Å²) in [5.74, 6) is -1.29. The number of benzene rings is 3. The van der Waals surface area contributed by atoms with Crippen molar-refractivity contribution >= 4 is 62.8 Å². The van der Waals surface area contributed by atoms with E-state index in [4.69, 9.17) is 21.1 Å². The molecule has 3 aromatic carbocycles. The molecule has 4 rings (SSSR count). The molecule has 1 heterocycles. The normalized spacial score (nSPS) is 14.5. The van der Waals surface area contributed by atoms with E-state index in [0.29, 0.717) is 16.8 Å². The summed E-state index contributed by atoms with van der Waals surface area (Å²) in [5.41, 5.74) is 1.62. The van der Waals surface area contributed by atoms with Gasteiger partial charge >= 0.3 is 6.03 Å². The highest BCUT2D eigenvalue weighted by atomic mass is 79.9. The van der Waals surface area contributed by atoms with E-state index in [1.165, 1.54) is 37.5 Å². The minimum atomic E-state index is -0.862. The molecule has 0 aromatic heterocycles. The molecule has 1 aliphatic heterocycles. The lowest BCUT2D eigenvalue weighted by Crippen LogP contribution is -2.54. The number of methoxy groups -OCH3 is 1. The number of carbonyl (C=O) groups is 3. The fraction of sp³-hybridized carbons (Fsp3) is 0.115. The fourth-order valence-corrected chi connectivity index (χ4v) is 4.23. The first-order valence-electron chi connectivity index (χ1n) is 11.0. The summed E-state index contributed by atoms with van der Waals surface area (Å²) in [6, 6.07) is 13.0. The number of hydrogen-bond donors (Lipinski definition) is 1. The van der Waals surface area contributed by atoms with Crippen molar-refractivity contribution in [3.63, 3.8) is 0 Å². The number of rotatable bonds is 7. The van der Waals surface area contributed by atoms with E-state index in [0.717, 1.165) is 14.9 Å². The number of nitrogens with one attached hydrogen (secondary N) is 1. The minimum Gasteiger partial charge on any atom is -0.493 e. The molecule has 0 bridgehead atoms. The molecule has 0 aliphatic carbocycles. The number of imide groups is 2. The molecule has 0 unspecified atom stereocenters. The number of nitrogens with zero attached hydrogens (tertiary/aromatic N) is 2. The van der Waals surface area contributed by atoms with E-state index in [2.05, 4.69) is 21.2 Å². The molecular weight excluding hydrogens is 582 g/mol. The summed E-state index contributed by atoms with van der Waals surface area (Å²) in [6.07, 6.45) is 1.29. The topological polar surface area (TPSA) is 128 Å². The van der Waals surface area contributed by atoms with E-state index in [1.54, 1.807) is 37.3 Å². The van der Waals surface area contributed by atoms with Gasteiger partial charge in [-0.2, -0.15) is 0 Å². The van der Waals surface area contributed by atoms with E-state index >= 15 is 0 Å². The molecule has 4 amide bonds.